The highest BCUT2D eigenvalue weighted by Crippen LogP contribution is 2.29. The SMILES string of the molecule is O=C(CN1CCC2(CC1)N=C(c1ccc(F)cc1)C(=O)N2)Nc1ccc(Cl)cc1. The minimum atomic E-state index is -0.649. The number of carbonyl (C=O) groups excluding carboxylic acids is 2. The zero-order valence-electron chi connectivity index (χ0n) is 15.6. The van der Waals surface area contributed by atoms with Crippen molar-refractivity contribution < 1.29 is 14.0 Å². The molecule has 1 spiro atoms. The van der Waals surface area contributed by atoms with Gasteiger partial charge in [-0.1, -0.05) is 11.6 Å². The van der Waals surface area contributed by atoms with E-state index in [0.29, 0.717) is 47.9 Å². The molecule has 2 aliphatic rings. The molecule has 2 heterocycles. The quantitative estimate of drug-likeness (QED) is 0.808. The van der Waals surface area contributed by atoms with Gasteiger partial charge in [0.1, 0.15) is 17.2 Å². The van der Waals surface area contributed by atoms with E-state index in [1.807, 2.05) is 4.90 Å². The van der Waals surface area contributed by atoms with Gasteiger partial charge in [-0.2, -0.15) is 0 Å². The summed E-state index contributed by atoms with van der Waals surface area (Å²) >= 11 is 5.85. The van der Waals surface area contributed by atoms with Crippen LogP contribution in [0.2, 0.25) is 5.02 Å². The normalized spacial score (nSPS) is 18.4. The lowest BCUT2D eigenvalue weighted by Crippen LogP contribution is -2.52. The number of amides is 2. The van der Waals surface area contributed by atoms with Gasteiger partial charge in [0.25, 0.3) is 5.91 Å². The van der Waals surface area contributed by atoms with Crippen molar-refractivity contribution in [1.29, 1.82) is 0 Å². The fraction of sp³-hybridized carbons (Fsp3) is 0.286. The predicted molar refractivity (Wildman–Crippen MR) is 110 cm³/mol. The molecule has 1 saturated heterocycles. The van der Waals surface area contributed by atoms with Crippen molar-refractivity contribution in [3.05, 3.63) is 64.9 Å². The summed E-state index contributed by atoms with van der Waals surface area (Å²) in [5.74, 6) is -0.701. The summed E-state index contributed by atoms with van der Waals surface area (Å²) in [6.07, 6.45) is 1.22. The van der Waals surface area contributed by atoms with Crippen LogP contribution in [-0.2, 0) is 9.59 Å². The Morgan fingerprint density at radius 2 is 1.79 bits per heavy atom. The van der Waals surface area contributed by atoms with Crippen LogP contribution in [0.5, 0.6) is 0 Å². The van der Waals surface area contributed by atoms with E-state index in [-0.39, 0.29) is 24.2 Å². The van der Waals surface area contributed by atoms with E-state index in [1.54, 1.807) is 36.4 Å². The van der Waals surface area contributed by atoms with Crippen molar-refractivity contribution in [3.63, 3.8) is 0 Å². The zero-order valence-corrected chi connectivity index (χ0v) is 16.4. The van der Waals surface area contributed by atoms with Gasteiger partial charge in [0.2, 0.25) is 5.91 Å². The van der Waals surface area contributed by atoms with Gasteiger partial charge in [-0.15, -0.1) is 0 Å². The second-order valence-corrected chi connectivity index (χ2v) is 7.72. The second-order valence-electron chi connectivity index (χ2n) is 7.28. The maximum absolute atomic E-state index is 13.1. The first-order valence-corrected chi connectivity index (χ1v) is 9.76. The summed E-state index contributed by atoms with van der Waals surface area (Å²) in [6, 6.07) is 12.7. The van der Waals surface area contributed by atoms with Gasteiger partial charge in [0, 0.05) is 42.2 Å². The van der Waals surface area contributed by atoms with Crippen LogP contribution in [0.4, 0.5) is 10.1 Å². The first-order valence-electron chi connectivity index (χ1n) is 9.39. The van der Waals surface area contributed by atoms with E-state index >= 15 is 0 Å². The van der Waals surface area contributed by atoms with E-state index in [4.69, 9.17) is 11.6 Å². The molecule has 2 amide bonds. The molecule has 2 N–H and O–H groups in total. The summed E-state index contributed by atoms with van der Waals surface area (Å²) in [6.45, 7) is 1.53. The second kappa shape index (κ2) is 7.93. The summed E-state index contributed by atoms with van der Waals surface area (Å²) in [5.41, 5.74) is 0.984. The highest BCUT2D eigenvalue weighted by atomic mass is 35.5. The molecule has 0 radical (unpaired) electrons. The van der Waals surface area contributed by atoms with Gasteiger partial charge in [0.05, 0.1) is 6.54 Å². The molecule has 2 aromatic carbocycles. The minimum Gasteiger partial charge on any atom is -0.326 e. The number of benzene rings is 2. The molecule has 0 aliphatic carbocycles. The number of hydrogen-bond acceptors (Lipinski definition) is 4. The number of anilines is 1. The van der Waals surface area contributed by atoms with Gasteiger partial charge in [0.15, 0.2) is 0 Å². The van der Waals surface area contributed by atoms with Gasteiger partial charge in [-0.05, 0) is 48.5 Å². The van der Waals surface area contributed by atoms with Crippen LogP contribution in [0.25, 0.3) is 0 Å². The topological polar surface area (TPSA) is 73.8 Å². The number of likely N-dealkylation sites (tertiary alicyclic amines) is 1. The fourth-order valence-electron chi connectivity index (χ4n) is 3.62. The summed E-state index contributed by atoms with van der Waals surface area (Å²) in [7, 11) is 0. The number of nitrogens with one attached hydrogen (secondary N) is 2. The van der Waals surface area contributed by atoms with Crippen LogP contribution in [0, 0.1) is 5.82 Å². The minimum absolute atomic E-state index is 0.103. The average Bonchev–Trinajstić information content (AvgIpc) is 3.02. The van der Waals surface area contributed by atoms with Crippen molar-refractivity contribution >= 4 is 34.8 Å². The molecule has 8 heteroatoms. The van der Waals surface area contributed by atoms with Crippen LogP contribution in [0.1, 0.15) is 18.4 Å². The molecule has 0 saturated carbocycles. The Balaban J connectivity index is 1.35. The monoisotopic (exact) mass is 414 g/mol. The highest BCUT2D eigenvalue weighted by Gasteiger charge is 2.42. The molecule has 2 aromatic rings. The van der Waals surface area contributed by atoms with Crippen molar-refractivity contribution in [2.45, 2.75) is 18.5 Å². The molecule has 2 aliphatic heterocycles. The lowest BCUT2D eigenvalue weighted by atomic mass is 9.98. The largest absolute Gasteiger partial charge is 0.326 e. The number of piperidine rings is 1. The van der Waals surface area contributed by atoms with Gasteiger partial charge < -0.3 is 10.6 Å². The molecule has 29 heavy (non-hydrogen) atoms. The zero-order chi connectivity index (χ0) is 20.4. The molecular formula is C21H20ClFN4O2. The van der Waals surface area contributed by atoms with Crippen LogP contribution < -0.4 is 10.6 Å². The Morgan fingerprint density at radius 3 is 2.45 bits per heavy atom. The molecule has 6 nitrogen and oxygen atoms in total. The van der Waals surface area contributed by atoms with Crippen LogP contribution in [0.15, 0.2) is 53.5 Å². The smallest absolute Gasteiger partial charge is 0.272 e. The van der Waals surface area contributed by atoms with E-state index < -0.39 is 5.66 Å². The molecule has 4 rings (SSSR count). The van der Waals surface area contributed by atoms with E-state index in [9.17, 15) is 14.0 Å². The molecule has 0 aromatic heterocycles. The summed E-state index contributed by atoms with van der Waals surface area (Å²) < 4.78 is 13.1. The predicted octanol–water partition coefficient (Wildman–Crippen LogP) is 2.83. The average molecular weight is 415 g/mol. The van der Waals surface area contributed by atoms with Crippen LogP contribution in [0.3, 0.4) is 0 Å². The van der Waals surface area contributed by atoms with Crippen LogP contribution in [-0.4, -0.2) is 47.7 Å². The third kappa shape index (κ3) is 4.46. The Kier molecular flexibility index (Phi) is 5.34. The van der Waals surface area contributed by atoms with E-state index in [2.05, 4.69) is 15.6 Å². The molecule has 1 fully saturated rings. The lowest BCUT2D eigenvalue weighted by Gasteiger charge is -2.36. The Hall–Kier alpha value is -2.77. The molecule has 0 bridgehead atoms. The highest BCUT2D eigenvalue weighted by molar-refractivity contribution is 6.46. The first-order chi connectivity index (χ1) is 13.9. The van der Waals surface area contributed by atoms with Crippen molar-refractivity contribution in [1.82, 2.24) is 10.2 Å². The fourth-order valence-corrected chi connectivity index (χ4v) is 3.75. The molecule has 0 atom stereocenters. The van der Waals surface area contributed by atoms with Crippen molar-refractivity contribution in [3.8, 4) is 0 Å². The maximum atomic E-state index is 13.1. The summed E-state index contributed by atoms with van der Waals surface area (Å²) in [5, 5.41) is 6.44. The first kappa shape index (κ1) is 19.5. The number of hydrogen-bond donors (Lipinski definition) is 2. The Labute approximate surface area is 172 Å². The number of aliphatic imine (C=N–C) groups is 1. The number of nitrogens with zero attached hydrogens (tertiary/aromatic N) is 2. The van der Waals surface area contributed by atoms with E-state index in [0.717, 1.165) is 0 Å². The van der Waals surface area contributed by atoms with Gasteiger partial charge in [-0.3, -0.25) is 19.5 Å². The number of rotatable bonds is 4. The number of halogens is 2. The maximum Gasteiger partial charge on any atom is 0.272 e. The third-order valence-electron chi connectivity index (χ3n) is 5.18. The third-order valence-corrected chi connectivity index (χ3v) is 5.44. The van der Waals surface area contributed by atoms with Crippen molar-refractivity contribution in [2.75, 3.05) is 25.0 Å². The Morgan fingerprint density at radius 1 is 1.14 bits per heavy atom. The Bertz CT molecular complexity index is 952. The van der Waals surface area contributed by atoms with Crippen molar-refractivity contribution in [2.24, 2.45) is 4.99 Å². The number of carbonyl (C=O) groups is 2. The molecular weight excluding hydrogens is 395 g/mol. The molecule has 150 valence electrons. The van der Waals surface area contributed by atoms with Crippen LogP contribution >= 0.6 is 11.6 Å². The van der Waals surface area contributed by atoms with Gasteiger partial charge >= 0.3 is 0 Å². The lowest BCUT2D eigenvalue weighted by molar-refractivity contribution is -0.119. The molecule has 0 unspecified atom stereocenters. The van der Waals surface area contributed by atoms with Gasteiger partial charge in [-0.25, -0.2) is 4.39 Å². The van der Waals surface area contributed by atoms with E-state index in [1.165, 1.54) is 12.1 Å². The standard InChI is InChI=1S/C21H20ClFN4O2/c22-15-3-7-17(8-4-15)24-18(28)13-27-11-9-21(10-12-27)25-19(20(29)26-21)14-1-5-16(23)6-2-14/h1-8H,9-13H2,(H,24,28)(H,26,29). The summed E-state index contributed by atoms with van der Waals surface area (Å²) in [4.78, 5) is 31.4.